The highest BCUT2D eigenvalue weighted by molar-refractivity contribution is 14.1. The minimum atomic E-state index is -0.741. The Balaban J connectivity index is 1.14. The molecule has 5 aliphatic rings. The fourth-order valence-corrected chi connectivity index (χ4v) is 9.30. The van der Waals surface area contributed by atoms with Gasteiger partial charge in [-0.05, 0) is 145 Å². The zero-order chi connectivity index (χ0) is 31.3. The zero-order valence-electron chi connectivity index (χ0n) is 25.6. The molecule has 3 aromatic carbocycles. The van der Waals surface area contributed by atoms with Gasteiger partial charge in [-0.3, -0.25) is 14.9 Å². The van der Waals surface area contributed by atoms with Gasteiger partial charge >= 0.3 is 6.03 Å². The van der Waals surface area contributed by atoms with Crippen molar-refractivity contribution in [3.05, 3.63) is 92.1 Å². The van der Waals surface area contributed by atoms with Crippen molar-refractivity contribution in [1.82, 2.24) is 5.32 Å². The molecule has 8 rings (SSSR count). The van der Waals surface area contributed by atoms with E-state index in [0.29, 0.717) is 36.0 Å². The molecule has 3 aromatic rings. The van der Waals surface area contributed by atoms with Gasteiger partial charge in [0.15, 0.2) is 11.5 Å². The zero-order valence-corrected chi connectivity index (χ0v) is 27.8. The van der Waals surface area contributed by atoms with E-state index in [1.807, 2.05) is 50.2 Å². The number of imide groups is 2. The maximum atomic E-state index is 13.7. The third kappa shape index (κ3) is 5.77. The minimum Gasteiger partial charge on any atom is -0.490 e. The lowest BCUT2D eigenvalue weighted by Crippen LogP contribution is -2.54. The molecular formula is C37H37IN2O5. The Morgan fingerprint density at radius 2 is 1.62 bits per heavy atom. The summed E-state index contributed by atoms with van der Waals surface area (Å²) in [5.41, 5.74) is 4.65. The van der Waals surface area contributed by atoms with Gasteiger partial charge < -0.3 is 9.47 Å². The van der Waals surface area contributed by atoms with Crippen molar-refractivity contribution in [2.24, 2.45) is 17.8 Å². The van der Waals surface area contributed by atoms with Crippen molar-refractivity contribution >= 4 is 52.2 Å². The number of nitrogens with zero attached hydrogens (tertiary/aromatic N) is 1. The van der Waals surface area contributed by atoms with Crippen LogP contribution in [0.15, 0.2) is 66.2 Å². The largest absolute Gasteiger partial charge is 0.490 e. The summed E-state index contributed by atoms with van der Waals surface area (Å²) in [7, 11) is 0. The molecule has 0 spiro atoms. The van der Waals surface area contributed by atoms with E-state index < -0.39 is 17.8 Å². The van der Waals surface area contributed by atoms with Crippen molar-refractivity contribution in [3.63, 3.8) is 0 Å². The number of carbonyl (C=O) groups is 3. The Morgan fingerprint density at radius 3 is 2.27 bits per heavy atom. The molecule has 1 heterocycles. The van der Waals surface area contributed by atoms with Crippen LogP contribution >= 0.6 is 22.6 Å². The number of amides is 4. The molecule has 4 aliphatic carbocycles. The second-order valence-corrected chi connectivity index (χ2v) is 14.4. The van der Waals surface area contributed by atoms with Gasteiger partial charge in [-0.15, -0.1) is 0 Å². The summed E-state index contributed by atoms with van der Waals surface area (Å²) >= 11 is 2.17. The second-order valence-electron chi connectivity index (χ2n) is 13.2. The second kappa shape index (κ2) is 11.9. The quantitative estimate of drug-likeness (QED) is 0.147. The first-order valence-electron chi connectivity index (χ1n) is 15.9. The first-order valence-corrected chi connectivity index (χ1v) is 17.0. The number of urea groups is 1. The molecule has 0 unspecified atom stereocenters. The van der Waals surface area contributed by atoms with Gasteiger partial charge in [0.25, 0.3) is 11.8 Å². The van der Waals surface area contributed by atoms with Crippen LogP contribution in [-0.2, 0) is 21.6 Å². The van der Waals surface area contributed by atoms with Gasteiger partial charge in [-0.1, -0.05) is 42.0 Å². The average Bonchev–Trinajstić information content (AvgIpc) is 2.99. The fourth-order valence-electron chi connectivity index (χ4n) is 8.52. The van der Waals surface area contributed by atoms with E-state index in [-0.39, 0.29) is 11.0 Å². The number of nitrogens with one attached hydrogen (secondary N) is 1. The molecule has 5 fully saturated rings. The fraction of sp³-hybridized carbons (Fsp3) is 0.378. The number of hydrogen-bond acceptors (Lipinski definition) is 5. The Bertz CT molecular complexity index is 1680. The third-order valence-corrected chi connectivity index (χ3v) is 10.8. The Kier molecular flexibility index (Phi) is 7.96. The van der Waals surface area contributed by atoms with Crippen LogP contribution in [0.3, 0.4) is 0 Å². The van der Waals surface area contributed by atoms with Crippen LogP contribution in [-0.4, -0.2) is 24.5 Å². The van der Waals surface area contributed by atoms with Gasteiger partial charge in [-0.2, -0.15) is 0 Å². The first kappa shape index (κ1) is 30.0. The Labute approximate surface area is 277 Å². The van der Waals surface area contributed by atoms with E-state index in [9.17, 15) is 14.4 Å². The Hall–Kier alpha value is -3.66. The molecule has 1 saturated heterocycles. The van der Waals surface area contributed by atoms with Crippen LogP contribution in [0.1, 0.15) is 67.7 Å². The van der Waals surface area contributed by atoms with Gasteiger partial charge in [0.1, 0.15) is 12.2 Å². The number of rotatable bonds is 8. The maximum absolute atomic E-state index is 13.7. The van der Waals surface area contributed by atoms with Crippen LogP contribution < -0.4 is 19.7 Å². The summed E-state index contributed by atoms with van der Waals surface area (Å²) in [6, 6.07) is 18.9. The minimum absolute atomic E-state index is 0.119. The molecule has 7 nitrogen and oxygen atoms in total. The molecule has 4 amide bonds. The number of aryl methyl sites for hydroxylation is 1. The molecule has 0 aromatic heterocycles. The predicted molar refractivity (Wildman–Crippen MR) is 181 cm³/mol. The lowest BCUT2D eigenvalue weighted by Gasteiger charge is -2.57. The van der Waals surface area contributed by atoms with Crippen LogP contribution in [0.2, 0.25) is 0 Å². The summed E-state index contributed by atoms with van der Waals surface area (Å²) in [4.78, 5) is 40.7. The number of barbiturate groups is 1. The van der Waals surface area contributed by atoms with Crippen LogP contribution in [0.4, 0.5) is 10.5 Å². The predicted octanol–water partition coefficient (Wildman–Crippen LogP) is 7.71. The summed E-state index contributed by atoms with van der Waals surface area (Å²) in [5, 5.41) is 2.36. The third-order valence-electron chi connectivity index (χ3n) is 9.99. The number of carbonyl (C=O) groups excluding carboxylic acids is 3. The summed E-state index contributed by atoms with van der Waals surface area (Å²) in [6.07, 6.45) is 9.34. The molecule has 232 valence electrons. The normalized spacial score (nSPS) is 26.4. The van der Waals surface area contributed by atoms with Gasteiger partial charge in [0, 0.05) is 0 Å². The molecule has 4 saturated carbocycles. The van der Waals surface area contributed by atoms with Crippen molar-refractivity contribution < 1.29 is 23.9 Å². The topological polar surface area (TPSA) is 84.9 Å². The average molecular weight is 717 g/mol. The standard InChI is InChI=1S/C37H37IN2O5/c1-3-44-32-17-24(16-31(38)33(32)45-21-23-6-4-5-22(2)11-23)15-30-34(41)39-36(43)40(35(30)42)29-9-7-28(8-10-29)37-18-25-12-26(19-37)14-27(13-25)20-37/h4-11,15-17,25-27H,3,12-14,18-21H2,1-2H3,(H,39,41,43)/b30-15+. The number of benzene rings is 3. The van der Waals surface area contributed by atoms with E-state index in [1.165, 1.54) is 50.2 Å². The van der Waals surface area contributed by atoms with Crippen LogP contribution in [0, 0.1) is 28.2 Å². The highest BCUT2D eigenvalue weighted by Crippen LogP contribution is 2.60. The smallest absolute Gasteiger partial charge is 0.335 e. The lowest BCUT2D eigenvalue weighted by atomic mass is 9.48. The summed E-state index contributed by atoms with van der Waals surface area (Å²) in [5.74, 6) is 2.20. The summed E-state index contributed by atoms with van der Waals surface area (Å²) < 4.78 is 12.9. The molecule has 8 heteroatoms. The van der Waals surface area contributed by atoms with E-state index in [2.05, 4.69) is 46.1 Å². The van der Waals surface area contributed by atoms with Crippen molar-refractivity contribution in [2.45, 2.75) is 64.4 Å². The van der Waals surface area contributed by atoms with E-state index >= 15 is 0 Å². The first-order chi connectivity index (χ1) is 21.7. The van der Waals surface area contributed by atoms with Gasteiger partial charge in [0.05, 0.1) is 15.9 Å². The molecule has 1 N–H and O–H groups in total. The lowest BCUT2D eigenvalue weighted by molar-refractivity contribution is -0.122. The van der Waals surface area contributed by atoms with Crippen LogP contribution in [0.25, 0.3) is 6.08 Å². The van der Waals surface area contributed by atoms with E-state index in [1.54, 1.807) is 6.07 Å². The van der Waals surface area contributed by atoms with Crippen molar-refractivity contribution in [1.29, 1.82) is 0 Å². The molecule has 0 atom stereocenters. The van der Waals surface area contributed by atoms with Crippen molar-refractivity contribution in [3.8, 4) is 11.5 Å². The highest BCUT2D eigenvalue weighted by atomic mass is 127. The van der Waals surface area contributed by atoms with Crippen LogP contribution in [0.5, 0.6) is 11.5 Å². The van der Waals surface area contributed by atoms with Gasteiger partial charge in [0.2, 0.25) is 0 Å². The number of anilines is 1. The molecule has 4 bridgehead atoms. The number of ether oxygens (including phenoxy) is 2. The SMILES string of the molecule is CCOc1cc(/C=C2\C(=O)NC(=O)N(c3ccc(C45CC6CC(CC(C6)C4)C5)cc3)C2=O)cc(I)c1OCc1cccc(C)c1. The highest BCUT2D eigenvalue weighted by Gasteiger charge is 2.51. The van der Waals surface area contributed by atoms with Crippen molar-refractivity contribution in [2.75, 3.05) is 11.5 Å². The molecule has 45 heavy (non-hydrogen) atoms. The molecule has 0 radical (unpaired) electrons. The monoisotopic (exact) mass is 716 g/mol. The maximum Gasteiger partial charge on any atom is 0.335 e. The molecule has 1 aliphatic heterocycles. The molecular weight excluding hydrogens is 679 g/mol. The number of halogens is 1. The Morgan fingerprint density at radius 1 is 0.933 bits per heavy atom. The number of hydrogen-bond donors (Lipinski definition) is 1. The summed E-state index contributed by atoms with van der Waals surface area (Å²) in [6.45, 7) is 4.71. The van der Waals surface area contributed by atoms with Gasteiger partial charge in [-0.25, -0.2) is 9.69 Å². The van der Waals surface area contributed by atoms with E-state index in [4.69, 9.17) is 9.47 Å². The van der Waals surface area contributed by atoms with E-state index in [0.717, 1.165) is 37.4 Å².